The van der Waals surface area contributed by atoms with Gasteiger partial charge >= 0.3 is 5.97 Å². The molecule has 1 heterocycles. The molecule has 0 amide bonds. The van der Waals surface area contributed by atoms with Crippen LogP contribution in [0, 0.1) is 6.92 Å². The largest absolute Gasteiger partial charge is 0.469 e. The van der Waals surface area contributed by atoms with Crippen LogP contribution in [0.25, 0.3) is 5.69 Å². The van der Waals surface area contributed by atoms with E-state index in [0.29, 0.717) is 12.2 Å². The average Bonchev–Trinajstić information content (AvgIpc) is 2.87. The number of thioether (sulfide) groups is 1. The predicted molar refractivity (Wildman–Crippen MR) is 73.5 cm³/mol. The summed E-state index contributed by atoms with van der Waals surface area (Å²) in [7, 11) is 1.39. The lowest BCUT2D eigenvalue weighted by atomic mass is 10.2. The minimum atomic E-state index is -0.213. The van der Waals surface area contributed by atoms with Crippen LogP contribution in [0.3, 0.4) is 0 Å². The third-order valence-electron chi connectivity index (χ3n) is 2.66. The van der Waals surface area contributed by atoms with Gasteiger partial charge in [-0.2, -0.15) is 0 Å². The van der Waals surface area contributed by atoms with Gasteiger partial charge in [0.1, 0.15) is 6.33 Å². The minimum Gasteiger partial charge on any atom is -0.469 e. The molecular weight excluding hydrogens is 262 g/mol. The summed E-state index contributed by atoms with van der Waals surface area (Å²) in [5, 5.41) is 8.79. The van der Waals surface area contributed by atoms with Crippen LogP contribution < -0.4 is 0 Å². The topological polar surface area (TPSA) is 57.0 Å². The minimum absolute atomic E-state index is 0.213. The zero-order valence-electron chi connectivity index (χ0n) is 10.9. The highest BCUT2D eigenvalue weighted by Gasteiger charge is 2.09. The van der Waals surface area contributed by atoms with E-state index in [4.69, 9.17) is 0 Å². The number of ether oxygens (including phenoxy) is 1. The Morgan fingerprint density at radius 1 is 1.42 bits per heavy atom. The van der Waals surface area contributed by atoms with Gasteiger partial charge in [0.05, 0.1) is 19.2 Å². The van der Waals surface area contributed by atoms with Gasteiger partial charge in [-0.05, 0) is 18.6 Å². The van der Waals surface area contributed by atoms with E-state index in [1.807, 2.05) is 35.8 Å². The normalized spacial score (nSPS) is 10.4. The monoisotopic (exact) mass is 277 g/mol. The number of benzene rings is 1. The highest BCUT2D eigenvalue weighted by atomic mass is 32.2. The standard InChI is InChI=1S/C13H15N3O2S/c1-10-5-3-4-6-11(10)16-9-14-15-13(16)19-8-7-12(17)18-2/h3-6,9H,7-8H2,1-2H3. The van der Waals surface area contributed by atoms with E-state index in [0.717, 1.165) is 16.4 Å². The molecule has 0 N–H and O–H groups in total. The first-order valence-electron chi connectivity index (χ1n) is 5.88. The summed E-state index contributed by atoms with van der Waals surface area (Å²) in [6, 6.07) is 8.03. The highest BCUT2D eigenvalue weighted by molar-refractivity contribution is 7.99. The van der Waals surface area contributed by atoms with Gasteiger partial charge in [0, 0.05) is 5.75 Å². The molecule has 0 fully saturated rings. The van der Waals surface area contributed by atoms with E-state index >= 15 is 0 Å². The SMILES string of the molecule is COC(=O)CCSc1nncn1-c1ccccc1C. The van der Waals surface area contributed by atoms with E-state index in [1.165, 1.54) is 18.9 Å². The number of esters is 1. The van der Waals surface area contributed by atoms with Crippen LogP contribution >= 0.6 is 11.8 Å². The molecule has 0 saturated carbocycles. The van der Waals surface area contributed by atoms with E-state index in [-0.39, 0.29) is 5.97 Å². The molecule has 0 atom stereocenters. The molecule has 0 saturated heterocycles. The fourth-order valence-electron chi connectivity index (χ4n) is 1.65. The Kier molecular flexibility index (Phi) is 4.57. The lowest BCUT2D eigenvalue weighted by Crippen LogP contribution is -2.02. The maximum Gasteiger partial charge on any atom is 0.306 e. The van der Waals surface area contributed by atoms with Crippen LogP contribution in [0.2, 0.25) is 0 Å². The fourth-order valence-corrected chi connectivity index (χ4v) is 2.49. The molecule has 0 aliphatic heterocycles. The first kappa shape index (κ1) is 13.6. The Hall–Kier alpha value is -1.82. The van der Waals surface area contributed by atoms with Crippen molar-refractivity contribution in [3.63, 3.8) is 0 Å². The number of hydrogen-bond donors (Lipinski definition) is 0. The summed E-state index contributed by atoms with van der Waals surface area (Å²) in [6.07, 6.45) is 2.05. The van der Waals surface area contributed by atoms with Crippen molar-refractivity contribution in [2.24, 2.45) is 0 Å². The molecule has 0 aliphatic rings. The van der Waals surface area contributed by atoms with Crippen LogP contribution in [-0.2, 0) is 9.53 Å². The Labute approximate surface area is 116 Å². The summed E-state index contributed by atoms with van der Waals surface area (Å²) in [4.78, 5) is 11.1. The molecule has 5 nitrogen and oxygen atoms in total. The summed E-state index contributed by atoms with van der Waals surface area (Å²) in [5.74, 6) is 0.409. The molecule has 19 heavy (non-hydrogen) atoms. The van der Waals surface area contributed by atoms with Crippen molar-refractivity contribution in [1.82, 2.24) is 14.8 Å². The smallest absolute Gasteiger partial charge is 0.306 e. The number of carbonyl (C=O) groups is 1. The molecule has 100 valence electrons. The van der Waals surface area contributed by atoms with Crippen molar-refractivity contribution in [3.05, 3.63) is 36.2 Å². The van der Waals surface area contributed by atoms with Crippen LogP contribution in [0.1, 0.15) is 12.0 Å². The fraction of sp³-hybridized carbons (Fsp3) is 0.308. The van der Waals surface area contributed by atoms with E-state index < -0.39 is 0 Å². The number of nitrogens with zero attached hydrogens (tertiary/aromatic N) is 3. The van der Waals surface area contributed by atoms with Gasteiger partial charge in [0.2, 0.25) is 0 Å². The molecule has 0 radical (unpaired) electrons. The van der Waals surface area contributed by atoms with Crippen LogP contribution in [-0.4, -0.2) is 33.6 Å². The Morgan fingerprint density at radius 3 is 2.95 bits per heavy atom. The Bertz CT molecular complexity index is 569. The average molecular weight is 277 g/mol. The predicted octanol–water partition coefficient (Wildman–Crippen LogP) is 2.23. The molecule has 1 aromatic heterocycles. The zero-order chi connectivity index (χ0) is 13.7. The molecular formula is C13H15N3O2S. The Morgan fingerprint density at radius 2 is 2.21 bits per heavy atom. The van der Waals surface area contributed by atoms with Crippen molar-refractivity contribution in [1.29, 1.82) is 0 Å². The van der Waals surface area contributed by atoms with Crippen LogP contribution in [0.4, 0.5) is 0 Å². The first-order valence-corrected chi connectivity index (χ1v) is 6.86. The molecule has 1 aromatic carbocycles. The zero-order valence-corrected chi connectivity index (χ0v) is 11.7. The lowest BCUT2D eigenvalue weighted by molar-refractivity contribution is -0.140. The van der Waals surface area contributed by atoms with Gasteiger partial charge in [-0.25, -0.2) is 0 Å². The van der Waals surface area contributed by atoms with Gasteiger partial charge < -0.3 is 4.74 Å². The molecule has 2 aromatic rings. The van der Waals surface area contributed by atoms with Gasteiger partial charge in [0.25, 0.3) is 0 Å². The van der Waals surface area contributed by atoms with Crippen LogP contribution in [0.15, 0.2) is 35.7 Å². The molecule has 2 rings (SSSR count). The number of hydrogen-bond acceptors (Lipinski definition) is 5. The maximum atomic E-state index is 11.1. The second-order valence-electron chi connectivity index (χ2n) is 3.94. The third-order valence-corrected chi connectivity index (χ3v) is 3.60. The van der Waals surface area contributed by atoms with E-state index in [9.17, 15) is 4.79 Å². The van der Waals surface area contributed by atoms with E-state index in [2.05, 4.69) is 14.9 Å². The number of aromatic nitrogens is 3. The van der Waals surface area contributed by atoms with Crippen molar-refractivity contribution < 1.29 is 9.53 Å². The summed E-state index contributed by atoms with van der Waals surface area (Å²) >= 11 is 1.49. The number of para-hydroxylation sites is 1. The van der Waals surface area contributed by atoms with Crippen LogP contribution in [0.5, 0.6) is 0 Å². The second-order valence-corrected chi connectivity index (χ2v) is 5.01. The van der Waals surface area contributed by atoms with Gasteiger partial charge in [-0.15, -0.1) is 10.2 Å². The van der Waals surface area contributed by atoms with E-state index in [1.54, 1.807) is 6.33 Å². The molecule has 0 unspecified atom stereocenters. The van der Waals surface area contributed by atoms with Crippen molar-refractivity contribution in [3.8, 4) is 5.69 Å². The summed E-state index contributed by atoms with van der Waals surface area (Å²) in [6.45, 7) is 2.04. The van der Waals surface area contributed by atoms with Crippen molar-refractivity contribution in [2.75, 3.05) is 12.9 Å². The van der Waals surface area contributed by atoms with Gasteiger partial charge in [-0.1, -0.05) is 30.0 Å². The summed E-state index contributed by atoms with van der Waals surface area (Å²) < 4.78 is 6.54. The number of aryl methyl sites for hydroxylation is 1. The Balaban J connectivity index is 2.10. The number of rotatable bonds is 5. The van der Waals surface area contributed by atoms with Gasteiger partial charge in [0.15, 0.2) is 5.16 Å². The maximum absolute atomic E-state index is 11.1. The number of carbonyl (C=O) groups excluding carboxylic acids is 1. The van der Waals surface area contributed by atoms with Crippen molar-refractivity contribution in [2.45, 2.75) is 18.5 Å². The quantitative estimate of drug-likeness (QED) is 0.619. The second kappa shape index (κ2) is 6.38. The summed E-state index contributed by atoms with van der Waals surface area (Å²) in [5.41, 5.74) is 2.20. The number of methoxy groups -OCH3 is 1. The highest BCUT2D eigenvalue weighted by Crippen LogP contribution is 2.22. The first-order chi connectivity index (χ1) is 9.22. The van der Waals surface area contributed by atoms with Crippen molar-refractivity contribution >= 4 is 17.7 Å². The molecule has 0 bridgehead atoms. The lowest BCUT2D eigenvalue weighted by Gasteiger charge is -2.08. The third kappa shape index (κ3) is 3.35. The molecule has 0 aliphatic carbocycles. The molecule has 0 spiro atoms. The van der Waals surface area contributed by atoms with Gasteiger partial charge in [-0.3, -0.25) is 9.36 Å². The molecule has 6 heteroatoms.